The molecule has 3 aromatic rings. The number of benzene rings is 1. The number of imidazole rings is 1. The first-order valence-electron chi connectivity index (χ1n) is 8.99. The van der Waals surface area contributed by atoms with Gasteiger partial charge in [-0.3, -0.25) is 19.9 Å². The summed E-state index contributed by atoms with van der Waals surface area (Å²) >= 11 is 0. The Kier molecular flexibility index (Phi) is 4.84. The maximum absolute atomic E-state index is 12.1. The molecule has 1 aromatic carbocycles. The molecule has 0 fully saturated rings. The van der Waals surface area contributed by atoms with Gasteiger partial charge in [0, 0.05) is 47.9 Å². The summed E-state index contributed by atoms with van der Waals surface area (Å²) in [5.41, 5.74) is 1.56. The van der Waals surface area contributed by atoms with Gasteiger partial charge in [0.15, 0.2) is 11.5 Å². The number of ketones is 1. The molecule has 0 amide bonds. The van der Waals surface area contributed by atoms with E-state index in [1.54, 1.807) is 43.2 Å². The zero-order chi connectivity index (χ0) is 19.5. The Bertz CT molecular complexity index is 1000. The molecule has 1 atom stereocenters. The molecule has 4 rings (SSSR count). The lowest BCUT2D eigenvalue weighted by Gasteiger charge is -2.22. The van der Waals surface area contributed by atoms with Crippen molar-refractivity contribution in [3.8, 4) is 5.75 Å². The van der Waals surface area contributed by atoms with Gasteiger partial charge in [0.1, 0.15) is 6.10 Å². The summed E-state index contributed by atoms with van der Waals surface area (Å²) in [6, 6.07) is 6.82. The van der Waals surface area contributed by atoms with Crippen LogP contribution in [0.4, 0.5) is 5.69 Å². The van der Waals surface area contributed by atoms with Gasteiger partial charge in [-0.05, 0) is 31.0 Å². The summed E-state index contributed by atoms with van der Waals surface area (Å²) in [6.45, 7) is 0.416. The maximum Gasteiger partial charge on any atom is 0.314 e. The van der Waals surface area contributed by atoms with E-state index in [-0.39, 0.29) is 17.2 Å². The van der Waals surface area contributed by atoms with Crippen LogP contribution in [0.5, 0.6) is 5.75 Å². The van der Waals surface area contributed by atoms with Crippen LogP contribution in [0.1, 0.15) is 40.4 Å². The molecule has 0 radical (unpaired) electrons. The average Bonchev–Trinajstić information content (AvgIpc) is 3.21. The van der Waals surface area contributed by atoms with Gasteiger partial charge < -0.3 is 9.30 Å². The van der Waals surface area contributed by atoms with Crippen LogP contribution in [0.2, 0.25) is 0 Å². The lowest BCUT2D eigenvalue weighted by molar-refractivity contribution is -0.386. The van der Waals surface area contributed by atoms with Crippen LogP contribution in [0.15, 0.2) is 55.4 Å². The number of hydrogen-bond donors (Lipinski definition) is 0. The normalized spacial score (nSPS) is 14.4. The third-order valence-electron chi connectivity index (χ3n) is 4.82. The minimum absolute atomic E-state index is 0.0573. The van der Waals surface area contributed by atoms with E-state index in [0.717, 1.165) is 5.56 Å². The van der Waals surface area contributed by atoms with Crippen molar-refractivity contribution in [2.45, 2.75) is 31.9 Å². The summed E-state index contributed by atoms with van der Waals surface area (Å²) in [5.74, 6) is 0.102. The smallest absolute Gasteiger partial charge is 0.314 e. The van der Waals surface area contributed by atoms with Gasteiger partial charge in [0.25, 0.3) is 0 Å². The number of nitrogens with zero attached hydrogens (tertiary/aromatic N) is 4. The third kappa shape index (κ3) is 3.48. The van der Waals surface area contributed by atoms with E-state index in [0.29, 0.717) is 36.9 Å². The van der Waals surface area contributed by atoms with Gasteiger partial charge >= 0.3 is 5.69 Å². The largest absolute Gasteiger partial charge is 0.477 e. The van der Waals surface area contributed by atoms with Crippen molar-refractivity contribution in [2.75, 3.05) is 0 Å². The Morgan fingerprint density at radius 2 is 2.11 bits per heavy atom. The molecule has 142 valence electrons. The van der Waals surface area contributed by atoms with Gasteiger partial charge in [-0.2, -0.15) is 0 Å². The standard InChI is InChI=1S/C20H18N4O4/c25-17-5-1-4-16-15(17)6-7-18(20(16)24(26)27)28-19(12-23-10-9-22-13-23)14-3-2-8-21-11-14/h2-3,6-11,13,19H,1,4-5,12H2/t19-/m1/s1. The molecule has 8 nitrogen and oxygen atoms in total. The van der Waals surface area contributed by atoms with Gasteiger partial charge in [-0.15, -0.1) is 0 Å². The lowest BCUT2D eigenvalue weighted by Crippen LogP contribution is -2.17. The topological polar surface area (TPSA) is 100 Å². The van der Waals surface area contributed by atoms with Gasteiger partial charge in [-0.25, -0.2) is 4.98 Å². The van der Waals surface area contributed by atoms with Gasteiger partial charge in [0.05, 0.1) is 17.8 Å². The quantitative estimate of drug-likeness (QED) is 0.480. The van der Waals surface area contributed by atoms with Crippen molar-refractivity contribution in [2.24, 2.45) is 0 Å². The molecule has 2 heterocycles. The van der Waals surface area contributed by atoms with Crippen molar-refractivity contribution in [1.82, 2.24) is 14.5 Å². The van der Waals surface area contributed by atoms with E-state index < -0.39 is 11.0 Å². The number of Topliss-reactive ketones (excluding diaryl/α,β-unsaturated/α-hetero) is 1. The highest BCUT2D eigenvalue weighted by Crippen LogP contribution is 2.39. The zero-order valence-electron chi connectivity index (χ0n) is 15.0. The highest BCUT2D eigenvalue weighted by atomic mass is 16.6. The van der Waals surface area contributed by atoms with Crippen LogP contribution < -0.4 is 4.74 Å². The van der Waals surface area contributed by atoms with Crippen LogP contribution in [-0.2, 0) is 13.0 Å². The summed E-state index contributed by atoms with van der Waals surface area (Å²) in [7, 11) is 0. The highest BCUT2D eigenvalue weighted by Gasteiger charge is 2.30. The number of carbonyl (C=O) groups excluding carboxylic acids is 1. The molecular formula is C20H18N4O4. The Morgan fingerprint density at radius 3 is 2.82 bits per heavy atom. The number of ether oxygens (including phenoxy) is 1. The van der Waals surface area contributed by atoms with Crippen molar-refractivity contribution < 1.29 is 14.5 Å². The fourth-order valence-corrected chi connectivity index (χ4v) is 3.50. The fourth-order valence-electron chi connectivity index (χ4n) is 3.50. The van der Waals surface area contributed by atoms with Gasteiger partial charge in [0.2, 0.25) is 0 Å². The summed E-state index contributed by atoms with van der Waals surface area (Å²) < 4.78 is 7.96. The molecule has 0 N–H and O–H groups in total. The van der Waals surface area contributed by atoms with Crippen molar-refractivity contribution in [3.05, 3.63) is 82.2 Å². The van der Waals surface area contributed by atoms with Crippen LogP contribution in [0.3, 0.4) is 0 Å². The Balaban J connectivity index is 1.74. The highest BCUT2D eigenvalue weighted by molar-refractivity contribution is 5.99. The molecule has 0 aliphatic heterocycles. The average molecular weight is 378 g/mol. The Morgan fingerprint density at radius 1 is 1.21 bits per heavy atom. The molecular weight excluding hydrogens is 360 g/mol. The van der Waals surface area contributed by atoms with Crippen molar-refractivity contribution in [3.63, 3.8) is 0 Å². The molecule has 28 heavy (non-hydrogen) atoms. The monoisotopic (exact) mass is 378 g/mol. The van der Waals surface area contributed by atoms with Crippen molar-refractivity contribution >= 4 is 11.5 Å². The van der Waals surface area contributed by atoms with E-state index in [2.05, 4.69) is 9.97 Å². The molecule has 1 aliphatic carbocycles. The van der Waals surface area contributed by atoms with Crippen LogP contribution in [0.25, 0.3) is 0 Å². The number of aromatic nitrogens is 3. The van der Waals surface area contributed by atoms with E-state index >= 15 is 0 Å². The van der Waals surface area contributed by atoms with Crippen molar-refractivity contribution in [1.29, 1.82) is 0 Å². The summed E-state index contributed by atoms with van der Waals surface area (Å²) in [4.78, 5) is 31.7. The SMILES string of the molecule is O=C1CCCc2c1ccc(O[C@H](Cn1ccnc1)c1cccnc1)c2[N+](=O)[O-]. The lowest BCUT2D eigenvalue weighted by atomic mass is 9.89. The van der Waals surface area contributed by atoms with E-state index in [4.69, 9.17) is 4.74 Å². The minimum atomic E-state index is -0.501. The molecule has 8 heteroatoms. The number of nitro benzene ring substituents is 1. The summed E-state index contributed by atoms with van der Waals surface area (Å²) in [6.07, 6.45) is 9.47. The minimum Gasteiger partial charge on any atom is -0.477 e. The molecule has 0 unspecified atom stereocenters. The van der Waals surface area contributed by atoms with E-state index in [1.807, 2.05) is 10.6 Å². The Labute approximate surface area is 161 Å². The number of nitro groups is 1. The Hall–Kier alpha value is -3.55. The number of hydrogen-bond acceptors (Lipinski definition) is 6. The molecule has 0 bridgehead atoms. The number of fused-ring (bicyclic) bond motifs is 1. The third-order valence-corrected chi connectivity index (χ3v) is 4.82. The maximum atomic E-state index is 12.1. The zero-order valence-corrected chi connectivity index (χ0v) is 15.0. The van der Waals surface area contributed by atoms with Gasteiger partial charge in [-0.1, -0.05) is 6.07 Å². The fraction of sp³-hybridized carbons (Fsp3) is 0.250. The molecule has 2 aromatic heterocycles. The van der Waals surface area contributed by atoms with Crippen LogP contribution in [0, 0.1) is 10.1 Å². The number of pyridine rings is 1. The predicted octanol–water partition coefficient (Wildman–Crippen LogP) is 3.53. The predicted molar refractivity (Wildman–Crippen MR) is 100 cm³/mol. The first-order valence-corrected chi connectivity index (χ1v) is 8.99. The van der Waals surface area contributed by atoms with E-state index in [9.17, 15) is 14.9 Å². The first kappa shape index (κ1) is 17.8. The molecule has 1 aliphatic rings. The molecule has 0 saturated heterocycles. The van der Waals surface area contributed by atoms with Crippen LogP contribution >= 0.6 is 0 Å². The molecule has 0 saturated carbocycles. The second-order valence-electron chi connectivity index (χ2n) is 6.62. The first-order chi connectivity index (χ1) is 13.6. The molecule has 0 spiro atoms. The number of carbonyl (C=O) groups is 1. The summed E-state index contributed by atoms with van der Waals surface area (Å²) in [5, 5.41) is 11.8. The second kappa shape index (κ2) is 7.59. The van der Waals surface area contributed by atoms with E-state index in [1.165, 1.54) is 6.07 Å². The van der Waals surface area contributed by atoms with Crippen LogP contribution in [-0.4, -0.2) is 25.2 Å². The second-order valence-corrected chi connectivity index (χ2v) is 6.62. The number of rotatable bonds is 6.